The zero-order valence-corrected chi connectivity index (χ0v) is 20.1. The molecule has 1 atom stereocenters. The minimum absolute atomic E-state index is 0.0956. The Hall–Kier alpha value is -4.00. The standard InChI is InChI=1S/C27H29N3O4/c1-18-6-10-21(11-7-18)30-25(31)17-29(23-15-14-22(33-4)16-24(23)34-5)27(32)26(30)19-8-12-20(13-9-19)28(2)3/h6-16,26H,17H2,1-5H3. The van der Waals surface area contributed by atoms with E-state index >= 15 is 0 Å². The molecule has 3 aromatic carbocycles. The van der Waals surface area contributed by atoms with Crippen molar-refractivity contribution in [2.75, 3.05) is 49.6 Å². The molecule has 0 saturated carbocycles. The molecule has 0 bridgehead atoms. The van der Waals surface area contributed by atoms with Crippen LogP contribution in [0.5, 0.6) is 11.5 Å². The number of hydrogen-bond acceptors (Lipinski definition) is 5. The van der Waals surface area contributed by atoms with Crippen molar-refractivity contribution in [3.05, 3.63) is 77.9 Å². The number of nitrogens with zero attached hydrogens (tertiary/aromatic N) is 3. The Labute approximate surface area is 200 Å². The third-order valence-corrected chi connectivity index (χ3v) is 6.04. The molecule has 4 rings (SSSR count). The Morgan fingerprint density at radius 1 is 0.882 bits per heavy atom. The fourth-order valence-electron chi connectivity index (χ4n) is 4.15. The van der Waals surface area contributed by atoms with Crippen LogP contribution in [-0.4, -0.2) is 46.7 Å². The average Bonchev–Trinajstić information content (AvgIpc) is 2.85. The van der Waals surface area contributed by atoms with Crippen molar-refractivity contribution in [1.82, 2.24) is 0 Å². The average molecular weight is 460 g/mol. The van der Waals surface area contributed by atoms with E-state index in [4.69, 9.17) is 9.47 Å². The number of aryl methyl sites for hydroxylation is 1. The van der Waals surface area contributed by atoms with Crippen molar-refractivity contribution < 1.29 is 19.1 Å². The predicted molar refractivity (Wildman–Crippen MR) is 134 cm³/mol. The van der Waals surface area contributed by atoms with Gasteiger partial charge < -0.3 is 14.4 Å². The van der Waals surface area contributed by atoms with Gasteiger partial charge in [-0.2, -0.15) is 0 Å². The maximum absolute atomic E-state index is 14.0. The Balaban J connectivity index is 1.81. The molecule has 2 amide bonds. The molecule has 0 aromatic heterocycles. The molecule has 1 unspecified atom stereocenters. The van der Waals surface area contributed by atoms with Crippen LogP contribution in [0.4, 0.5) is 17.1 Å². The van der Waals surface area contributed by atoms with E-state index in [1.165, 1.54) is 12.0 Å². The Morgan fingerprint density at radius 2 is 1.56 bits per heavy atom. The number of carbonyl (C=O) groups excluding carboxylic acids is 2. The highest BCUT2D eigenvalue weighted by atomic mass is 16.5. The molecule has 7 nitrogen and oxygen atoms in total. The summed E-state index contributed by atoms with van der Waals surface area (Å²) in [7, 11) is 7.02. The summed E-state index contributed by atoms with van der Waals surface area (Å²) < 4.78 is 10.8. The highest BCUT2D eigenvalue weighted by Crippen LogP contribution is 2.39. The van der Waals surface area contributed by atoms with Gasteiger partial charge in [0.15, 0.2) is 0 Å². The third-order valence-electron chi connectivity index (χ3n) is 6.04. The Morgan fingerprint density at radius 3 is 2.15 bits per heavy atom. The largest absolute Gasteiger partial charge is 0.497 e. The van der Waals surface area contributed by atoms with E-state index in [-0.39, 0.29) is 18.4 Å². The molecule has 176 valence electrons. The molecule has 1 aliphatic rings. The smallest absolute Gasteiger partial charge is 0.255 e. The monoisotopic (exact) mass is 459 g/mol. The van der Waals surface area contributed by atoms with Crippen LogP contribution in [0.2, 0.25) is 0 Å². The lowest BCUT2D eigenvalue weighted by Gasteiger charge is -2.41. The summed E-state index contributed by atoms with van der Waals surface area (Å²) in [6.07, 6.45) is 0. The first kappa shape index (κ1) is 23.2. The van der Waals surface area contributed by atoms with Crippen molar-refractivity contribution in [2.24, 2.45) is 0 Å². The second-order valence-electron chi connectivity index (χ2n) is 8.45. The van der Waals surface area contributed by atoms with Crippen LogP contribution in [0.15, 0.2) is 66.7 Å². The Kier molecular flexibility index (Phi) is 6.45. The van der Waals surface area contributed by atoms with E-state index in [0.29, 0.717) is 22.9 Å². The Bertz CT molecular complexity index is 1190. The molecule has 1 heterocycles. The van der Waals surface area contributed by atoms with Crippen molar-refractivity contribution in [1.29, 1.82) is 0 Å². The van der Waals surface area contributed by atoms with Crippen LogP contribution in [0.1, 0.15) is 17.2 Å². The van der Waals surface area contributed by atoms with Crippen LogP contribution in [0, 0.1) is 6.92 Å². The van der Waals surface area contributed by atoms with Gasteiger partial charge in [-0.05, 0) is 48.9 Å². The first-order chi connectivity index (χ1) is 16.3. The molecule has 0 N–H and O–H groups in total. The summed E-state index contributed by atoms with van der Waals surface area (Å²) in [4.78, 5) is 32.6. The third kappa shape index (κ3) is 4.29. The van der Waals surface area contributed by atoms with Crippen LogP contribution < -0.4 is 24.2 Å². The van der Waals surface area contributed by atoms with Crippen molar-refractivity contribution in [3.8, 4) is 11.5 Å². The lowest BCUT2D eigenvalue weighted by atomic mass is 9.98. The second kappa shape index (κ2) is 9.47. The molecule has 0 spiro atoms. The van der Waals surface area contributed by atoms with Crippen LogP contribution >= 0.6 is 0 Å². The SMILES string of the molecule is COc1ccc(N2CC(=O)N(c3ccc(C)cc3)C(c3ccc(N(C)C)cc3)C2=O)c(OC)c1. The normalized spacial score (nSPS) is 16.0. The van der Waals surface area contributed by atoms with E-state index in [2.05, 4.69) is 0 Å². The lowest BCUT2D eigenvalue weighted by Crippen LogP contribution is -2.56. The van der Waals surface area contributed by atoms with Gasteiger partial charge in [0.05, 0.1) is 19.9 Å². The lowest BCUT2D eigenvalue weighted by molar-refractivity contribution is -0.128. The summed E-state index contributed by atoms with van der Waals surface area (Å²) in [5, 5.41) is 0. The van der Waals surface area contributed by atoms with E-state index in [0.717, 1.165) is 16.8 Å². The number of carbonyl (C=O) groups is 2. The van der Waals surface area contributed by atoms with E-state index in [1.54, 1.807) is 30.2 Å². The van der Waals surface area contributed by atoms with Crippen LogP contribution in [-0.2, 0) is 9.59 Å². The fraction of sp³-hybridized carbons (Fsp3) is 0.259. The minimum Gasteiger partial charge on any atom is -0.497 e. The number of benzene rings is 3. The number of methoxy groups -OCH3 is 2. The van der Waals surface area contributed by atoms with Gasteiger partial charge in [0.1, 0.15) is 24.1 Å². The number of ether oxygens (including phenoxy) is 2. The van der Waals surface area contributed by atoms with Gasteiger partial charge in [-0.1, -0.05) is 29.8 Å². The molecule has 1 aliphatic heterocycles. The molecule has 0 aliphatic carbocycles. The summed E-state index contributed by atoms with van der Waals surface area (Å²) in [6.45, 7) is 1.89. The van der Waals surface area contributed by atoms with Gasteiger partial charge in [0.2, 0.25) is 5.91 Å². The summed E-state index contributed by atoms with van der Waals surface area (Å²) in [5.74, 6) is 0.684. The van der Waals surface area contributed by atoms with Gasteiger partial charge in [-0.3, -0.25) is 19.4 Å². The highest BCUT2D eigenvalue weighted by molar-refractivity contribution is 6.15. The molecular formula is C27H29N3O4. The van der Waals surface area contributed by atoms with Gasteiger partial charge in [0, 0.05) is 31.5 Å². The van der Waals surface area contributed by atoms with Gasteiger partial charge in [-0.25, -0.2) is 0 Å². The molecule has 3 aromatic rings. The van der Waals surface area contributed by atoms with Crippen LogP contribution in [0.25, 0.3) is 0 Å². The maximum atomic E-state index is 14.0. The van der Waals surface area contributed by atoms with Crippen LogP contribution in [0.3, 0.4) is 0 Å². The quantitative estimate of drug-likeness (QED) is 0.553. The van der Waals surface area contributed by atoms with Crippen molar-refractivity contribution in [3.63, 3.8) is 0 Å². The molecule has 7 heteroatoms. The molecular weight excluding hydrogens is 430 g/mol. The topological polar surface area (TPSA) is 62.3 Å². The number of hydrogen-bond donors (Lipinski definition) is 0. The number of rotatable bonds is 6. The molecule has 1 fully saturated rings. The number of piperazine rings is 1. The molecule has 1 saturated heterocycles. The maximum Gasteiger partial charge on any atom is 0.255 e. The number of amides is 2. The van der Waals surface area contributed by atoms with E-state index in [1.807, 2.05) is 74.4 Å². The zero-order chi connectivity index (χ0) is 24.4. The van der Waals surface area contributed by atoms with Gasteiger partial charge >= 0.3 is 0 Å². The predicted octanol–water partition coefficient (Wildman–Crippen LogP) is 4.20. The van der Waals surface area contributed by atoms with E-state index in [9.17, 15) is 9.59 Å². The fourth-order valence-corrected chi connectivity index (χ4v) is 4.15. The highest BCUT2D eigenvalue weighted by Gasteiger charge is 2.42. The van der Waals surface area contributed by atoms with Gasteiger partial charge in [-0.15, -0.1) is 0 Å². The van der Waals surface area contributed by atoms with Gasteiger partial charge in [0.25, 0.3) is 5.91 Å². The molecule has 34 heavy (non-hydrogen) atoms. The van der Waals surface area contributed by atoms with Crippen molar-refractivity contribution >= 4 is 28.9 Å². The summed E-state index contributed by atoms with van der Waals surface area (Å²) in [5.41, 5.74) is 4.04. The van der Waals surface area contributed by atoms with E-state index < -0.39 is 6.04 Å². The second-order valence-corrected chi connectivity index (χ2v) is 8.45. The number of anilines is 3. The first-order valence-electron chi connectivity index (χ1n) is 11.0. The zero-order valence-electron chi connectivity index (χ0n) is 20.1. The molecule has 0 radical (unpaired) electrons. The minimum atomic E-state index is -0.813. The summed E-state index contributed by atoms with van der Waals surface area (Å²) >= 11 is 0. The van der Waals surface area contributed by atoms with Crippen molar-refractivity contribution in [2.45, 2.75) is 13.0 Å². The summed E-state index contributed by atoms with van der Waals surface area (Å²) in [6, 6.07) is 19.8. The first-order valence-corrected chi connectivity index (χ1v) is 11.0.